The molecule has 0 aromatic carbocycles. The number of carbonyl (C=O) groups is 2. The molecule has 0 bridgehead atoms. The smallest absolute Gasteiger partial charge is 0.309 e. The van der Waals surface area contributed by atoms with Crippen LogP contribution in [-0.4, -0.2) is 49.9 Å². The minimum atomic E-state index is -0.898. The van der Waals surface area contributed by atoms with Gasteiger partial charge in [-0.25, -0.2) is 15.0 Å². The van der Waals surface area contributed by atoms with Gasteiger partial charge in [0.1, 0.15) is 0 Å². The van der Waals surface area contributed by atoms with Gasteiger partial charge in [0.25, 0.3) is 0 Å². The second-order valence-corrected chi connectivity index (χ2v) is 6.15. The highest BCUT2D eigenvalue weighted by Gasteiger charge is 2.41. The number of likely N-dealkylation sites (tertiary alicyclic amines) is 1. The average Bonchev–Trinajstić information content (AvgIpc) is 3.11. The topological polar surface area (TPSA) is 108 Å². The van der Waals surface area contributed by atoms with Crippen molar-refractivity contribution in [2.75, 3.05) is 18.4 Å². The number of aliphatic carboxylic acids is 1. The zero-order valence-corrected chi connectivity index (χ0v) is 13.6. The molecule has 2 aromatic rings. The molecule has 1 aliphatic rings. The van der Waals surface area contributed by atoms with E-state index in [-0.39, 0.29) is 12.3 Å². The first kappa shape index (κ1) is 16.3. The van der Waals surface area contributed by atoms with Crippen LogP contribution in [0.5, 0.6) is 0 Å². The van der Waals surface area contributed by atoms with E-state index in [0.717, 1.165) is 0 Å². The number of carbonyl (C=O) groups excluding carboxylic acids is 1. The van der Waals surface area contributed by atoms with E-state index >= 15 is 0 Å². The third kappa shape index (κ3) is 3.51. The summed E-state index contributed by atoms with van der Waals surface area (Å²) in [5.74, 6) is -1.12. The average molecular weight is 347 g/mol. The molecule has 0 saturated carbocycles. The number of carboxylic acids is 1. The van der Waals surface area contributed by atoms with Gasteiger partial charge in [0, 0.05) is 37.3 Å². The van der Waals surface area contributed by atoms with Crippen LogP contribution in [0.25, 0.3) is 0 Å². The number of thiazole rings is 1. The number of amides is 1. The number of hydrogen-bond acceptors (Lipinski definition) is 7. The van der Waals surface area contributed by atoms with Crippen LogP contribution < -0.4 is 5.32 Å². The molecular weight excluding hydrogens is 330 g/mol. The fourth-order valence-electron chi connectivity index (χ4n) is 2.89. The van der Waals surface area contributed by atoms with Gasteiger partial charge >= 0.3 is 5.97 Å². The van der Waals surface area contributed by atoms with E-state index in [1.807, 2.05) is 0 Å². The summed E-state index contributed by atoms with van der Waals surface area (Å²) >= 11 is 1.39. The van der Waals surface area contributed by atoms with Crippen molar-refractivity contribution < 1.29 is 14.7 Å². The number of nitrogens with one attached hydrogen (secondary N) is 1. The molecule has 0 aliphatic carbocycles. The molecule has 2 N–H and O–H groups in total. The Labute approximate surface area is 142 Å². The highest BCUT2D eigenvalue weighted by atomic mass is 32.1. The normalized spacial score (nSPS) is 20.8. The Bertz CT molecular complexity index is 694. The highest BCUT2D eigenvalue weighted by Crippen LogP contribution is 2.36. The molecule has 2 aromatic heterocycles. The van der Waals surface area contributed by atoms with E-state index in [4.69, 9.17) is 0 Å². The monoisotopic (exact) mass is 347 g/mol. The van der Waals surface area contributed by atoms with Crippen LogP contribution in [0.15, 0.2) is 29.4 Å². The maximum atomic E-state index is 12.4. The molecule has 1 aliphatic heterocycles. The Hall–Kier alpha value is -2.55. The van der Waals surface area contributed by atoms with Crippen molar-refractivity contribution in [1.82, 2.24) is 19.9 Å². The molecule has 3 rings (SSSR count). The van der Waals surface area contributed by atoms with Crippen molar-refractivity contribution in [1.29, 1.82) is 0 Å². The third-order valence-corrected chi connectivity index (χ3v) is 4.58. The summed E-state index contributed by atoms with van der Waals surface area (Å²) in [6.45, 7) is 0.797. The van der Waals surface area contributed by atoms with Gasteiger partial charge in [-0.1, -0.05) is 0 Å². The second-order valence-electron chi connectivity index (χ2n) is 5.43. The van der Waals surface area contributed by atoms with Crippen LogP contribution in [0.3, 0.4) is 0 Å². The van der Waals surface area contributed by atoms with Crippen molar-refractivity contribution in [3.63, 3.8) is 0 Å². The van der Waals surface area contributed by atoms with E-state index < -0.39 is 17.9 Å². The molecule has 3 heterocycles. The summed E-state index contributed by atoms with van der Waals surface area (Å²) in [5, 5.41) is 14.4. The van der Waals surface area contributed by atoms with Crippen molar-refractivity contribution in [3.8, 4) is 0 Å². The van der Waals surface area contributed by atoms with Crippen molar-refractivity contribution in [2.45, 2.75) is 18.9 Å². The number of anilines is 1. The lowest BCUT2D eigenvalue weighted by molar-refractivity contribution is -0.152. The van der Waals surface area contributed by atoms with E-state index in [1.165, 1.54) is 11.3 Å². The maximum Gasteiger partial charge on any atom is 0.309 e. The standard InChI is InChI=1S/C15H17N5O3S/c21-12-3-2-10(14(22)23)13(11-8-24-9-19-11)20(12)7-6-18-15-16-4-1-5-17-15/h1,4-5,8-10,13H,2-3,6-7H2,(H,22,23)(H,16,17,18)/t10-,13+/m0/s1. The summed E-state index contributed by atoms with van der Waals surface area (Å²) in [6, 6.07) is 1.18. The fraction of sp³-hybridized carbons (Fsp3) is 0.400. The predicted molar refractivity (Wildman–Crippen MR) is 87.4 cm³/mol. The van der Waals surface area contributed by atoms with Crippen LogP contribution >= 0.6 is 11.3 Å². The Kier molecular flexibility index (Phi) is 4.99. The second kappa shape index (κ2) is 7.35. The number of piperidine rings is 1. The molecule has 1 fully saturated rings. The number of hydrogen-bond donors (Lipinski definition) is 2. The largest absolute Gasteiger partial charge is 0.481 e. The first-order valence-electron chi connectivity index (χ1n) is 7.58. The lowest BCUT2D eigenvalue weighted by Crippen LogP contribution is -2.47. The van der Waals surface area contributed by atoms with Gasteiger partial charge in [-0.2, -0.15) is 0 Å². The van der Waals surface area contributed by atoms with E-state index in [0.29, 0.717) is 31.2 Å². The lowest BCUT2D eigenvalue weighted by atomic mass is 9.87. The highest BCUT2D eigenvalue weighted by molar-refractivity contribution is 7.07. The molecule has 1 amide bonds. The Balaban J connectivity index is 1.74. The summed E-state index contributed by atoms with van der Waals surface area (Å²) in [4.78, 5) is 37.9. The molecule has 9 heteroatoms. The van der Waals surface area contributed by atoms with Crippen molar-refractivity contribution in [2.24, 2.45) is 5.92 Å². The number of carboxylic acid groups (broad SMARTS) is 1. The molecule has 1 saturated heterocycles. The zero-order chi connectivity index (χ0) is 16.9. The van der Waals surface area contributed by atoms with Gasteiger partial charge in [0.15, 0.2) is 0 Å². The first-order chi connectivity index (χ1) is 11.7. The molecule has 0 spiro atoms. The molecule has 0 unspecified atom stereocenters. The molecule has 2 atom stereocenters. The number of aromatic nitrogens is 3. The van der Waals surface area contributed by atoms with Crippen molar-refractivity contribution in [3.05, 3.63) is 35.0 Å². The van der Waals surface area contributed by atoms with Gasteiger partial charge in [-0.15, -0.1) is 11.3 Å². The maximum absolute atomic E-state index is 12.4. The molecule has 126 valence electrons. The van der Waals surface area contributed by atoms with Gasteiger partial charge in [0.2, 0.25) is 11.9 Å². The Morgan fingerprint density at radius 1 is 1.38 bits per heavy atom. The molecule has 8 nitrogen and oxygen atoms in total. The molecular formula is C15H17N5O3S. The van der Waals surface area contributed by atoms with Gasteiger partial charge < -0.3 is 15.3 Å². The first-order valence-corrected chi connectivity index (χ1v) is 8.52. The molecule has 0 radical (unpaired) electrons. The zero-order valence-electron chi connectivity index (χ0n) is 12.8. The van der Waals surface area contributed by atoms with E-state index in [2.05, 4.69) is 20.3 Å². The molecule has 24 heavy (non-hydrogen) atoms. The van der Waals surface area contributed by atoms with Gasteiger partial charge in [0.05, 0.1) is 23.2 Å². The fourth-order valence-corrected chi connectivity index (χ4v) is 3.47. The summed E-state index contributed by atoms with van der Waals surface area (Å²) in [6.07, 6.45) is 3.82. The summed E-state index contributed by atoms with van der Waals surface area (Å²) in [7, 11) is 0. The van der Waals surface area contributed by atoms with Crippen LogP contribution in [0.4, 0.5) is 5.95 Å². The van der Waals surface area contributed by atoms with Gasteiger partial charge in [-0.3, -0.25) is 9.59 Å². The number of rotatable bonds is 6. The lowest BCUT2D eigenvalue weighted by Gasteiger charge is -2.38. The number of nitrogens with zero attached hydrogens (tertiary/aromatic N) is 4. The SMILES string of the molecule is O=C(O)[C@H]1CCC(=O)N(CCNc2ncccn2)[C@H]1c1cscn1. The van der Waals surface area contributed by atoms with Crippen LogP contribution in [0.1, 0.15) is 24.6 Å². The predicted octanol–water partition coefficient (Wildman–Crippen LogP) is 1.41. The Morgan fingerprint density at radius 3 is 2.83 bits per heavy atom. The quantitative estimate of drug-likeness (QED) is 0.813. The van der Waals surface area contributed by atoms with E-state index in [9.17, 15) is 14.7 Å². The summed E-state index contributed by atoms with van der Waals surface area (Å²) in [5.41, 5.74) is 2.29. The van der Waals surface area contributed by atoms with E-state index in [1.54, 1.807) is 34.3 Å². The Morgan fingerprint density at radius 2 is 2.17 bits per heavy atom. The van der Waals surface area contributed by atoms with Crippen molar-refractivity contribution >= 4 is 29.2 Å². The van der Waals surface area contributed by atoms with Crippen LogP contribution in [0, 0.1) is 5.92 Å². The summed E-state index contributed by atoms with van der Waals surface area (Å²) < 4.78 is 0. The van der Waals surface area contributed by atoms with Gasteiger partial charge in [-0.05, 0) is 12.5 Å². The third-order valence-electron chi connectivity index (χ3n) is 3.98. The van der Waals surface area contributed by atoms with Crippen LogP contribution in [-0.2, 0) is 9.59 Å². The minimum absolute atomic E-state index is 0.0544. The van der Waals surface area contributed by atoms with Crippen LogP contribution in [0.2, 0.25) is 0 Å². The minimum Gasteiger partial charge on any atom is -0.481 e.